The molecular formula is C39H36N8S2. The molecule has 0 radical (unpaired) electrons. The molecule has 10 heteroatoms. The normalized spacial score (nSPS) is 14.4. The Balaban J connectivity index is 0.000000142. The lowest BCUT2D eigenvalue weighted by atomic mass is 10.1. The summed E-state index contributed by atoms with van der Waals surface area (Å²) < 4.78 is 4.53. The maximum Gasteiger partial charge on any atom is 0.154 e. The molecule has 8 nitrogen and oxygen atoms in total. The number of thiophene rings is 2. The summed E-state index contributed by atoms with van der Waals surface area (Å²) >= 11 is 3.54. The Hall–Kier alpha value is -5.06. The van der Waals surface area contributed by atoms with Gasteiger partial charge in [0, 0.05) is 67.6 Å². The largest absolute Gasteiger partial charge is 0.402 e. The Morgan fingerprint density at radius 2 is 1.63 bits per heavy atom. The summed E-state index contributed by atoms with van der Waals surface area (Å²) in [5, 5.41) is 7.26. The van der Waals surface area contributed by atoms with Gasteiger partial charge < -0.3 is 5.73 Å². The van der Waals surface area contributed by atoms with E-state index in [1.165, 1.54) is 43.0 Å². The number of fused-ring (bicyclic) bond motifs is 3. The topological polar surface area (TPSA) is 108 Å². The van der Waals surface area contributed by atoms with Crippen molar-refractivity contribution in [3.63, 3.8) is 0 Å². The second-order valence-electron chi connectivity index (χ2n) is 12.4. The average molecular weight is 681 g/mol. The predicted molar refractivity (Wildman–Crippen MR) is 201 cm³/mol. The van der Waals surface area contributed by atoms with Gasteiger partial charge in [-0.3, -0.25) is 9.97 Å². The van der Waals surface area contributed by atoms with E-state index in [0.717, 1.165) is 88.8 Å². The van der Waals surface area contributed by atoms with Crippen LogP contribution in [0.1, 0.15) is 60.1 Å². The monoisotopic (exact) mass is 680 g/mol. The van der Waals surface area contributed by atoms with E-state index in [4.69, 9.17) is 20.8 Å². The Labute approximate surface area is 293 Å². The summed E-state index contributed by atoms with van der Waals surface area (Å²) in [6.07, 6.45) is 14.8. The minimum Gasteiger partial charge on any atom is -0.402 e. The minimum absolute atomic E-state index is 0.729. The number of aryl methyl sites for hydroxylation is 3. The van der Waals surface area contributed by atoms with Crippen molar-refractivity contribution in [3.8, 4) is 16.4 Å². The van der Waals surface area contributed by atoms with Gasteiger partial charge in [-0.05, 0) is 106 Å². The number of nitrogens with two attached hydrogens (primary N) is 1. The lowest BCUT2D eigenvalue weighted by Gasteiger charge is -2.08. The van der Waals surface area contributed by atoms with Gasteiger partial charge in [-0.15, -0.1) is 22.7 Å². The van der Waals surface area contributed by atoms with Gasteiger partial charge in [-0.25, -0.2) is 19.6 Å². The zero-order chi connectivity index (χ0) is 33.3. The minimum atomic E-state index is 0.729. The van der Waals surface area contributed by atoms with Crippen molar-refractivity contribution in [2.45, 2.75) is 58.8 Å². The standard InChI is InChI=1S/C20H18N4S.C19H18N4S/c1-2-14-5-3-8-19(22-14)24-20(15-6-4-7-16(15)23-24)18-11-13-12-21-10-9-17(13)25-18;1-12-4-2-7-18(22-12)23-19(14-5-3-6-15(14)20)17-10-13-11-21-9-8-16(13)24-17/h3,5,8-12H,2,4,6-7H2,1H3;2,4,7-11H,3,5-6,20H2,1H3/b;23-19-. The van der Waals surface area contributed by atoms with Crippen LogP contribution in [0.2, 0.25) is 0 Å². The van der Waals surface area contributed by atoms with Crippen molar-refractivity contribution >= 4 is 54.4 Å². The molecule has 0 aliphatic heterocycles. The first-order chi connectivity index (χ1) is 24.0. The highest BCUT2D eigenvalue weighted by atomic mass is 32.1. The fraction of sp³-hybridized carbons (Fsp3) is 0.231. The summed E-state index contributed by atoms with van der Waals surface area (Å²) in [7, 11) is 0. The molecule has 7 aromatic heterocycles. The first kappa shape index (κ1) is 31.2. The molecule has 0 spiro atoms. The molecule has 0 saturated heterocycles. The Kier molecular flexibility index (Phi) is 8.57. The van der Waals surface area contributed by atoms with Crippen LogP contribution in [0.15, 0.2) is 102 Å². The van der Waals surface area contributed by atoms with Crippen LogP contribution in [-0.4, -0.2) is 35.4 Å². The summed E-state index contributed by atoms with van der Waals surface area (Å²) in [5.41, 5.74) is 15.2. The first-order valence-electron chi connectivity index (χ1n) is 16.8. The maximum atomic E-state index is 6.27. The molecule has 2 aliphatic carbocycles. The molecule has 0 atom stereocenters. The molecule has 0 aromatic carbocycles. The lowest BCUT2D eigenvalue weighted by Crippen LogP contribution is -2.07. The van der Waals surface area contributed by atoms with Crippen molar-refractivity contribution < 1.29 is 0 Å². The third-order valence-corrected chi connectivity index (χ3v) is 11.3. The van der Waals surface area contributed by atoms with Gasteiger partial charge in [0.2, 0.25) is 0 Å². The third-order valence-electron chi connectivity index (χ3n) is 9.02. The van der Waals surface area contributed by atoms with E-state index < -0.39 is 0 Å². The van der Waals surface area contributed by atoms with Crippen molar-refractivity contribution in [2.24, 2.45) is 10.7 Å². The first-order valence-corrected chi connectivity index (χ1v) is 18.4. The molecule has 9 rings (SSSR count). The van der Waals surface area contributed by atoms with Gasteiger partial charge in [0.05, 0.1) is 26.9 Å². The number of nitrogens with zero attached hydrogens (tertiary/aromatic N) is 7. The van der Waals surface area contributed by atoms with Crippen LogP contribution in [-0.2, 0) is 19.3 Å². The Morgan fingerprint density at radius 1 is 0.857 bits per heavy atom. The van der Waals surface area contributed by atoms with Crippen LogP contribution in [0, 0.1) is 6.92 Å². The SMILES string of the molecule is CCc1cccc(-n2nc3c(c2-c2cc4cnccc4s2)CCC3)n1.Cc1cccc(/N=C(/C2=C(N)CCC2)c2cc3cnccc3s2)n1. The maximum absolute atomic E-state index is 6.27. The predicted octanol–water partition coefficient (Wildman–Crippen LogP) is 9.11. The zero-order valence-electron chi connectivity index (χ0n) is 27.6. The molecule has 0 unspecified atom stereocenters. The van der Waals surface area contributed by atoms with E-state index in [0.29, 0.717) is 0 Å². The molecule has 7 heterocycles. The van der Waals surface area contributed by atoms with Gasteiger partial charge in [-0.1, -0.05) is 19.1 Å². The smallest absolute Gasteiger partial charge is 0.154 e. The number of aromatic nitrogens is 6. The van der Waals surface area contributed by atoms with Gasteiger partial charge >= 0.3 is 0 Å². The highest BCUT2D eigenvalue weighted by Crippen LogP contribution is 2.40. The molecule has 0 bridgehead atoms. The summed E-state index contributed by atoms with van der Waals surface area (Å²) in [6, 6.07) is 20.6. The third kappa shape index (κ3) is 6.29. The second-order valence-corrected chi connectivity index (χ2v) is 14.6. The number of allylic oxidation sites excluding steroid dienone is 2. The van der Waals surface area contributed by atoms with Crippen LogP contribution in [0.3, 0.4) is 0 Å². The van der Waals surface area contributed by atoms with E-state index in [-0.39, 0.29) is 0 Å². The summed E-state index contributed by atoms with van der Waals surface area (Å²) in [5.74, 6) is 1.65. The van der Waals surface area contributed by atoms with Gasteiger partial charge in [0.15, 0.2) is 11.6 Å². The highest BCUT2D eigenvalue weighted by molar-refractivity contribution is 7.22. The molecule has 0 amide bonds. The van der Waals surface area contributed by atoms with Gasteiger partial charge in [-0.2, -0.15) is 5.10 Å². The number of pyridine rings is 4. The van der Waals surface area contributed by atoms with Crippen molar-refractivity contribution in [1.29, 1.82) is 0 Å². The van der Waals surface area contributed by atoms with Crippen LogP contribution >= 0.6 is 22.7 Å². The number of rotatable bonds is 6. The molecule has 244 valence electrons. The molecule has 0 fully saturated rings. The van der Waals surface area contributed by atoms with Gasteiger partial charge in [0.1, 0.15) is 0 Å². The van der Waals surface area contributed by atoms with Crippen molar-refractivity contribution in [1.82, 2.24) is 29.7 Å². The molecular weight excluding hydrogens is 645 g/mol. The quantitative estimate of drug-likeness (QED) is 0.176. The number of aliphatic imine (C=N–C) groups is 1. The van der Waals surface area contributed by atoms with Crippen molar-refractivity contribution in [3.05, 3.63) is 124 Å². The Morgan fingerprint density at radius 3 is 2.37 bits per heavy atom. The van der Waals surface area contributed by atoms with E-state index in [1.807, 2.05) is 67.3 Å². The highest BCUT2D eigenvalue weighted by Gasteiger charge is 2.26. The fourth-order valence-corrected chi connectivity index (χ4v) is 8.74. The fourth-order valence-electron chi connectivity index (χ4n) is 6.61. The molecule has 2 N–H and O–H groups in total. The van der Waals surface area contributed by atoms with E-state index in [1.54, 1.807) is 11.3 Å². The molecule has 7 aromatic rings. The van der Waals surface area contributed by atoms with Crippen LogP contribution in [0.4, 0.5) is 5.82 Å². The van der Waals surface area contributed by atoms with Crippen LogP contribution < -0.4 is 5.73 Å². The average Bonchev–Trinajstić information content (AvgIpc) is 3.96. The number of hydrogen-bond acceptors (Lipinski definition) is 9. The summed E-state index contributed by atoms with van der Waals surface area (Å²) in [4.78, 5) is 25.1. The van der Waals surface area contributed by atoms with Crippen LogP contribution in [0.5, 0.6) is 0 Å². The van der Waals surface area contributed by atoms with Crippen LogP contribution in [0.25, 0.3) is 36.6 Å². The van der Waals surface area contributed by atoms with E-state index >= 15 is 0 Å². The van der Waals surface area contributed by atoms with Crippen molar-refractivity contribution in [2.75, 3.05) is 0 Å². The van der Waals surface area contributed by atoms with E-state index in [2.05, 4.69) is 63.0 Å². The zero-order valence-corrected chi connectivity index (χ0v) is 29.2. The second kappa shape index (κ2) is 13.4. The number of hydrogen-bond donors (Lipinski definition) is 1. The molecule has 2 aliphatic rings. The van der Waals surface area contributed by atoms with Gasteiger partial charge in [0.25, 0.3) is 0 Å². The molecule has 0 saturated carbocycles. The van der Waals surface area contributed by atoms with E-state index in [9.17, 15) is 0 Å². The summed E-state index contributed by atoms with van der Waals surface area (Å²) in [6.45, 7) is 4.11. The Bertz CT molecular complexity index is 2310. The molecule has 49 heavy (non-hydrogen) atoms. The lowest BCUT2D eigenvalue weighted by molar-refractivity contribution is 0.785.